The van der Waals surface area contributed by atoms with Gasteiger partial charge in [-0.2, -0.15) is 0 Å². The lowest BCUT2D eigenvalue weighted by atomic mass is 10.1. The summed E-state index contributed by atoms with van der Waals surface area (Å²) in [6, 6.07) is 5.37. The van der Waals surface area contributed by atoms with Crippen molar-refractivity contribution in [3.63, 3.8) is 0 Å². The smallest absolute Gasteiger partial charge is 0.251 e. The van der Waals surface area contributed by atoms with Crippen LogP contribution in [0, 0.1) is 11.3 Å². The standard InChI is InChI=1S/C14H21N3O/c1-14(2)7-10(14)8-17-12-5-4-9(6-11(12)15)13(18)16-3/h4-6,10,17H,7-8,15H2,1-3H3,(H,16,18). The normalized spacial score (nSPS) is 20.3. The Labute approximate surface area is 108 Å². The molecule has 1 aromatic carbocycles. The van der Waals surface area contributed by atoms with Gasteiger partial charge in [0.1, 0.15) is 0 Å². The molecule has 1 aromatic rings. The van der Waals surface area contributed by atoms with E-state index in [0.717, 1.165) is 18.2 Å². The minimum atomic E-state index is -0.114. The zero-order valence-corrected chi connectivity index (χ0v) is 11.2. The van der Waals surface area contributed by atoms with Gasteiger partial charge in [-0.3, -0.25) is 4.79 Å². The molecule has 0 heterocycles. The van der Waals surface area contributed by atoms with E-state index in [-0.39, 0.29) is 5.91 Å². The van der Waals surface area contributed by atoms with Gasteiger partial charge >= 0.3 is 0 Å². The van der Waals surface area contributed by atoms with E-state index in [2.05, 4.69) is 24.5 Å². The van der Waals surface area contributed by atoms with Crippen LogP contribution in [0.4, 0.5) is 11.4 Å². The molecule has 4 heteroatoms. The van der Waals surface area contributed by atoms with E-state index in [1.807, 2.05) is 6.07 Å². The van der Waals surface area contributed by atoms with Gasteiger partial charge in [-0.1, -0.05) is 13.8 Å². The van der Waals surface area contributed by atoms with Crippen LogP contribution in [-0.2, 0) is 0 Å². The molecular formula is C14H21N3O. The van der Waals surface area contributed by atoms with Gasteiger partial charge in [0.05, 0.1) is 11.4 Å². The van der Waals surface area contributed by atoms with Crippen molar-refractivity contribution in [1.82, 2.24) is 5.32 Å². The van der Waals surface area contributed by atoms with Gasteiger partial charge in [0.2, 0.25) is 0 Å². The van der Waals surface area contributed by atoms with Crippen molar-refractivity contribution < 1.29 is 4.79 Å². The number of carbonyl (C=O) groups excluding carboxylic acids is 1. The molecule has 1 atom stereocenters. The van der Waals surface area contributed by atoms with Crippen molar-refractivity contribution in [3.8, 4) is 0 Å². The fourth-order valence-corrected chi connectivity index (χ4v) is 2.17. The Bertz CT molecular complexity index is 468. The molecule has 98 valence electrons. The number of nitrogens with two attached hydrogens (primary N) is 1. The zero-order chi connectivity index (χ0) is 13.3. The average Bonchev–Trinajstić information content (AvgIpc) is 2.94. The number of nitrogens with one attached hydrogen (secondary N) is 2. The topological polar surface area (TPSA) is 67.2 Å². The first-order valence-corrected chi connectivity index (χ1v) is 6.29. The number of nitrogen functional groups attached to an aromatic ring is 1. The van der Waals surface area contributed by atoms with Crippen molar-refractivity contribution in [1.29, 1.82) is 0 Å². The van der Waals surface area contributed by atoms with E-state index >= 15 is 0 Å². The highest BCUT2D eigenvalue weighted by Crippen LogP contribution is 2.51. The second-order valence-corrected chi connectivity index (χ2v) is 5.65. The van der Waals surface area contributed by atoms with E-state index in [9.17, 15) is 4.79 Å². The number of hydrogen-bond acceptors (Lipinski definition) is 3. The molecule has 1 aliphatic carbocycles. The van der Waals surface area contributed by atoms with E-state index in [0.29, 0.717) is 16.7 Å². The molecule has 0 bridgehead atoms. The quantitative estimate of drug-likeness (QED) is 0.714. The van der Waals surface area contributed by atoms with Gasteiger partial charge in [-0.05, 0) is 36.0 Å². The van der Waals surface area contributed by atoms with Crippen LogP contribution < -0.4 is 16.4 Å². The maximum Gasteiger partial charge on any atom is 0.251 e. The average molecular weight is 247 g/mol. The Morgan fingerprint density at radius 1 is 1.50 bits per heavy atom. The highest BCUT2D eigenvalue weighted by Gasteiger charge is 2.44. The van der Waals surface area contributed by atoms with Crippen molar-refractivity contribution in [2.24, 2.45) is 11.3 Å². The summed E-state index contributed by atoms with van der Waals surface area (Å²) >= 11 is 0. The molecule has 0 aliphatic heterocycles. The fourth-order valence-electron chi connectivity index (χ4n) is 2.17. The highest BCUT2D eigenvalue weighted by molar-refractivity contribution is 5.95. The molecule has 1 fully saturated rings. The SMILES string of the molecule is CNC(=O)c1ccc(NCC2CC2(C)C)c(N)c1. The number of rotatable bonds is 4. The Balaban J connectivity index is 1.99. The van der Waals surface area contributed by atoms with Crippen molar-refractivity contribution in [3.05, 3.63) is 23.8 Å². The maximum atomic E-state index is 11.5. The summed E-state index contributed by atoms with van der Waals surface area (Å²) in [5, 5.41) is 5.94. The van der Waals surface area contributed by atoms with Crippen LogP contribution in [0.3, 0.4) is 0 Å². The van der Waals surface area contributed by atoms with Crippen LogP contribution in [0.1, 0.15) is 30.6 Å². The van der Waals surface area contributed by atoms with E-state index in [1.54, 1.807) is 19.2 Å². The number of benzene rings is 1. The highest BCUT2D eigenvalue weighted by atomic mass is 16.1. The molecule has 18 heavy (non-hydrogen) atoms. The summed E-state index contributed by atoms with van der Waals surface area (Å²) in [5.41, 5.74) is 8.53. The van der Waals surface area contributed by atoms with Gasteiger partial charge in [-0.15, -0.1) is 0 Å². The lowest BCUT2D eigenvalue weighted by Gasteiger charge is -2.11. The van der Waals surface area contributed by atoms with Crippen LogP contribution in [-0.4, -0.2) is 19.5 Å². The third kappa shape index (κ3) is 2.58. The molecule has 1 saturated carbocycles. The Hall–Kier alpha value is -1.71. The largest absolute Gasteiger partial charge is 0.397 e. The molecule has 1 amide bonds. The minimum Gasteiger partial charge on any atom is -0.397 e. The second-order valence-electron chi connectivity index (χ2n) is 5.65. The number of amides is 1. The number of anilines is 2. The lowest BCUT2D eigenvalue weighted by Crippen LogP contribution is -2.18. The van der Waals surface area contributed by atoms with Gasteiger partial charge < -0.3 is 16.4 Å². The lowest BCUT2D eigenvalue weighted by molar-refractivity contribution is 0.0963. The molecule has 4 nitrogen and oxygen atoms in total. The fraction of sp³-hybridized carbons (Fsp3) is 0.500. The van der Waals surface area contributed by atoms with Crippen LogP contribution in [0.25, 0.3) is 0 Å². The van der Waals surface area contributed by atoms with Gasteiger partial charge in [0, 0.05) is 19.2 Å². The summed E-state index contributed by atoms with van der Waals surface area (Å²) in [4.78, 5) is 11.5. The molecule has 4 N–H and O–H groups in total. The molecular weight excluding hydrogens is 226 g/mol. The first-order chi connectivity index (χ1) is 8.44. The predicted molar refractivity (Wildman–Crippen MR) is 74.6 cm³/mol. The van der Waals surface area contributed by atoms with Crippen LogP contribution in [0.15, 0.2) is 18.2 Å². The maximum absolute atomic E-state index is 11.5. The summed E-state index contributed by atoms with van der Waals surface area (Å²) < 4.78 is 0. The van der Waals surface area contributed by atoms with E-state index in [4.69, 9.17) is 5.73 Å². The molecule has 2 rings (SSSR count). The van der Waals surface area contributed by atoms with Crippen molar-refractivity contribution >= 4 is 17.3 Å². The molecule has 0 radical (unpaired) electrons. The molecule has 1 aliphatic rings. The first kappa shape index (κ1) is 12.7. The van der Waals surface area contributed by atoms with Crippen LogP contribution in [0.2, 0.25) is 0 Å². The van der Waals surface area contributed by atoms with E-state index < -0.39 is 0 Å². The van der Waals surface area contributed by atoms with Crippen molar-refractivity contribution in [2.45, 2.75) is 20.3 Å². The van der Waals surface area contributed by atoms with Crippen molar-refractivity contribution in [2.75, 3.05) is 24.6 Å². The summed E-state index contributed by atoms with van der Waals surface area (Å²) in [6.45, 7) is 5.49. The molecule has 0 aromatic heterocycles. The van der Waals surface area contributed by atoms with Gasteiger partial charge in [0.25, 0.3) is 5.91 Å². The minimum absolute atomic E-state index is 0.114. The Kier molecular flexibility index (Phi) is 3.20. The predicted octanol–water partition coefficient (Wildman–Crippen LogP) is 2.09. The Morgan fingerprint density at radius 3 is 2.67 bits per heavy atom. The van der Waals surface area contributed by atoms with E-state index in [1.165, 1.54) is 6.42 Å². The summed E-state index contributed by atoms with van der Waals surface area (Å²) in [5.74, 6) is 0.604. The third-order valence-electron chi connectivity index (χ3n) is 3.80. The molecule has 0 spiro atoms. The van der Waals surface area contributed by atoms with Gasteiger partial charge in [-0.25, -0.2) is 0 Å². The number of carbonyl (C=O) groups is 1. The summed E-state index contributed by atoms with van der Waals surface area (Å²) in [6.07, 6.45) is 1.26. The second kappa shape index (κ2) is 4.52. The number of hydrogen-bond donors (Lipinski definition) is 3. The summed E-state index contributed by atoms with van der Waals surface area (Å²) in [7, 11) is 1.61. The third-order valence-corrected chi connectivity index (χ3v) is 3.80. The monoisotopic (exact) mass is 247 g/mol. The van der Waals surface area contributed by atoms with Crippen LogP contribution >= 0.6 is 0 Å². The van der Waals surface area contributed by atoms with Gasteiger partial charge in [0.15, 0.2) is 0 Å². The zero-order valence-electron chi connectivity index (χ0n) is 11.2. The van der Waals surface area contributed by atoms with Crippen LogP contribution in [0.5, 0.6) is 0 Å². The Morgan fingerprint density at radius 2 is 2.17 bits per heavy atom. The molecule has 0 saturated heterocycles. The first-order valence-electron chi connectivity index (χ1n) is 6.29. The molecule has 1 unspecified atom stereocenters.